The zero-order valence-corrected chi connectivity index (χ0v) is 34.7. The van der Waals surface area contributed by atoms with Crippen molar-refractivity contribution >= 4 is 27.8 Å². The second kappa shape index (κ2) is 13.7. The van der Waals surface area contributed by atoms with E-state index in [-0.39, 0.29) is 10.8 Å². The van der Waals surface area contributed by atoms with Crippen LogP contribution in [0.2, 0.25) is 0 Å². The van der Waals surface area contributed by atoms with E-state index in [1.165, 1.54) is 132 Å². The summed E-state index contributed by atoms with van der Waals surface area (Å²) < 4.78 is 0. The Labute approximate surface area is 350 Å². The van der Waals surface area contributed by atoms with Crippen molar-refractivity contribution in [3.8, 4) is 44.5 Å². The van der Waals surface area contributed by atoms with Crippen molar-refractivity contribution in [3.05, 3.63) is 198 Å². The molecule has 0 radical (unpaired) electrons. The van der Waals surface area contributed by atoms with Gasteiger partial charge in [-0.25, -0.2) is 0 Å². The Kier molecular flexibility index (Phi) is 8.35. The van der Waals surface area contributed by atoms with Gasteiger partial charge in [-0.15, -0.1) is 0 Å². The van der Waals surface area contributed by atoms with Gasteiger partial charge in [0, 0.05) is 27.8 Å². The van der Waals surface area contributed by atoms with E-state index in [2.05, 4.69) is 202 Å². The van der Waals surface area contributed by atoms with Gasteiger partial charge in [-0.3, -0.25) is 0 Å². The fourth-order valence-electron chi connectivity index (χ4n) is 11.0. The minimum absolute atomic E-state index is 0.00306. The molecule has 1 saturated carbocycles. The van der Waals surface area contributed by atoms with E-state index in [1.54, 1.807) is 0 Å². The lowest BCUT2D eigenvalue weighted by Gasteiger charge is -2.31. The number of hydrogen-bond acceptors (Lipinski definition) is 1. The monoisotopic (exact) mass is 761 g/mol. The van der Waals surface area contributed by atoms with E-state index in [9.17, 15) is 0 Å². The number of nitrogens with zero attached hydrogens (tertiary/aromatic N) is 1. The summed E-state index contributed by atoms with van der Waals surface area (Å²) in [5, 5.41) is 2.49. The molecule has 8 aromatic carbocycles. The summed E-state index contributed by atoms with van der Waals surface area (Å²) in [6.45, 7) is 9.53. The molecule has 0 saturated heterocycles. The molecule has 0 bridgehead atoms. The molecule has 0 unspecified atom stereocenters. The Bertz CT molecular complexity index is 2910. The fourth-order valence-corrected chi connectivity index (χ4v) is 11.0. The molecule has 1 heteroatoms. The molecule has 3 aliphatic rings. The number of anilines is 3. The van der Waals surface area contributed by atoms with Gasteiger partial charge < -0.3 is 4.90 Å². The molecular weight excluding hydrogens is 711 g/mol. The van der Waals surface area contributed by atoms with Crippen LogP contribution in [0, 0.1) is 0 Å². The van der Waals surface area contributed by atoms with Gasteiger partial charge in [-0.1, -0.05) is 168 Å². The van der Waals surface area contributed by atoms with Crippen molar-refractivity contribution in [2.24, 2.45) is 0 Å². The maximum absolute atomic E-state index is 2.52. The lowest BCUT2D eigenvalue weighted by Crippen LogP contribution is -2.17. The molecule has 59 heavy (non-hydrogen) atoms. The van der Waals surface area contributed by atoms with Crippen LogP contribution in [0.5, 0.6) is 0 Å². The Hall–Kier alpha value is -6.18. The molecule has 1 nitrogen and oxygen atoms in total. The highest BCUT2D eigenvalue weighted by molar-refractivity contribution is 5.99. The quantitative estimate of drug-likeness (QED) is 0.163. The summed E-state index contributed by atoms with van der Waals surface area (Å²) in [4.78, 5) is 2.52. The first kappa shape index (κ1) is 35.9. The van der Waals surface area contributed by atoms with Gasteiger partial charge in [0.15, 0.2) is 0 Å². The second-order valence-corrected chi connectivity index (χ2v) is 18.4. The van der Waals surface area contributed by atoms with Crippen molar-refractivity contribution in [1.29, 1.82) is 0 Å². The van der Waals surface area contributed by atoms with Gasteiger partial charge in [0.05, 0.1) is 5.69 Å². The van der Waals surface area contributed by atoms with E-state index in [0.717, 1.165) is 0 Å². The average Bonchev–Trinajstić information content (AvgIpc) is 3.65. The summed E-state index contributed by atoms with van der Waals surface area (Å²) in [6.07, 6.45) is 6.64. The molecule has 0 aromatic heterocycles. The summed E-state index contributed by atoms with van der Waals surface area (Å²) in [5.74, 6) is 0.662. The third-order valence-electron chi connectivity index (χ3n) is 14.3. The topological polar surface area (TPSA) is 3.24 Å². The van der Waals surface area contributed by atoms with Crippen LogP contribution in [0.4, 0.5) is 17.1 Å². The molecule has 1 fully saturated rings. The first-order valence-corrected chi connectivity index (χ1v) is 21.8. The minimum atomic E-state index is -0.164. The summed E-state index contributed by atoms with van der Waals surface area (Å²) in [6, 6.07) is 64.6. The first-order valence-electron chi connectivity index (χ1n) is 21.8. The predicted octanol–water partition coefficient (Wildman–Crippen LogP) is 16.3. The molecule has 0 amide bonds. The van der Waals surface area contributed by atoms with Crippen LogP contribution >= 0.6 is 0 Å². The van der Waals surface area contributed by atoms with Gasteiger partial charge >= 0.3 is 0 Å². The Morgan fingerprint density at radius 1 is 0.390 bits per heavy atom. The molecule has 288 valence electrons. The van der Waals surface area contributed by atoms with Crippen molar-refractivity contribution in [1.82, 2.24) is 0 Å². The van der Waals surface area contributed by atoms with Gasteiger partial charge in [0.1, 0.15) is 0 Å². The standard InChI is InChI=1S/C58H51N/c1-57(2)52-22-14-13-21-47(52)50-34-43(25-31-53(50)57)44-26-32-54-51(35-44)48-30-29-46(37-55(48)58(54,3)4)59(45-27-23-39(24-28-45)38-15-7-5-8-16-38)56-36-42-20-12-11-19-41(42)33-49(56)40-17-9-6-10-18-40/h6,9-14,17-38H,5,7-8,15-16H2,1-4H3. The summed E-state index contributed by atoms with van der Waals surface area (Å²) >= 11 is 0. The van der Waals surface area contributed by atoms with Gasteiger partial charge in [0.25, 0.3) is 0 Å². The third-order valence-corrected chi connectivity index (χ3v) is 14.3. The third kappa shape index (κ3) is 5.81. The van der Waals surface area contributed by atoms with Gasteiger partial charge in [-0.05, 0) is 145 Å². The number of fused-ring (bicyclic) bond motifs is 7. The highest BCUT2D eigenvalue weighted by Gasteiger charge is 2.38. The second-order valence-electron chi connectivity index (χ2n) is 18.4. The van der Waals surface area contributed by atoms with Gasteiger partial charge in [0.2, 0.25) is 0 Å². The van der Waals surface area contributed by atoms with Crippen molar-refractivity contribution in [2.75, 3.05) is 4.90 Å². The molecule has 0 heterocycles. The number of rotatable bonds is 6. The zero-order chi connectivity index (χ0) is 39.9. The summed E-state index contributed by atoms with van der Waals surface area (Å²) in [7, 11) is 0. The molecular formula is C58H51N. The Balaban J connectivity index is 1.05. The molecule has 8 aromatic rings. The van der Waals surface area contributed by atoms with Crippen LogP contribution in [0.25, 0.3) is 55.3 Å². The maximum Gasteiger partial charge on any atom is 0.0546 e. The Morgan fingerprint density at radius 3 is 1.64 bits per heavy atom. The van der Waals surface area contributed by atoms with Crippen molar-refractivity contribution in [2.45, 2.75) is 76.5 Å². The maximum atomic E-state index is 2.52. The molecule has 11 rings (SSSR count). The Morgan fingerprint density at radius 2 is 0.949 bits per heavy atom. The normalized spacial score (nSPS) is 16.0. The lowest BCUT2D eigenvalue weighted by atomic mass is 9.81. The molecule has 0 spiro atoms. The highest BCUT2D eigenvalue weighted by atomic mass is 15.1. The van der Waals surface area contributed by atoms with E-state index >= 15 is 0 Å². The van der Waals surface area contributed by atoms with Gasteiger partial charge in [-0.2, -0.15) is 0 Å². The lowest BCUT2D eigenvalue weighted by molar-refractivity contribution is 0.443. The van der Waals surface area contributed by atoms with Crippen LogP contribution in [-0.2, 0) is 10.8 Å². The summed E-state index contributed by atoms with van der Waals surface area (Å²) in [5.41, 5.74) is 20.9. The van der Waals surface area contributed by atoms with Crippen LogP contribution in [0.1, 0.15) is 93.5 Å². The first-order chi connectivity index (χ1) is 28.8. The minimum Gasteiger partial charge on any atom is -0.310 e. The van der Waals surface area contributed by atoms with E-state index in [1.807, 2.05) is 0 Å². The highest BCUT2D eigenvalue weighted by Crippen LogP contribution is 2.54. The van der Waals surface area contributed by atoms with E-state index in [4.69, 9.17) is 0 Å². The van der Waals surface area contributed by atoms with Crippen molar-refractivity contribution in [3.63, 3.8) is 0 Å². The molecule has 0 atom stereocenters. The van der Waals surface area contributed by atoms with E-state index < -0.39 is 0 Å². The van der Waals surface area contributed by atoms with Crippen LogP contribution in [-0.4, -0.2) is 0 Å². The van der Waals surface area contributed by atoms with Crippen LogP contribution in [0.15, 0.2) is 170 Å². The average molecular weight is 762 g/mol. The smallest absolute Gasteiger partial charge is 0.0546 e. The van der Waals surface area contributed by atoms with Crippen LogP contribution < -0.4 is 4.90 Å². The van der Waals surface area contributed by atoms with Crippen LogP contribution in [0.3, 0.4) is 0 Å². The van der Waals surface area contributed by atoms with E-state index in [0.29, 0.717) is 5.92 Å². The molecule has 3 aliphatic carbocycles. The predicted molar refractivity (Wildman–Crippen MR) is 250 cm³/mol. The largest absolute Gasteiger partial charge is 0.310 e. The zero-order valence-electron chi connectivity index (χ0n) is 34.7. The number of benzene rings is 8. The SMILES string of the molecule is CC1(C)c2ccccc2-c2cc(-c3ccc4c(c3)-c3ccc(N(c5ccc(C6CCCCC6)cc5)c5cc6ccccc6cc5-c5ccccc5)cc3C4(C)C)ccc21. The molecule has 0 aliphatic heterocycles. The van der Waals surface area contributed by atoms with Crippen molar-refractivity contribution < 1.29 is 0 Å². The fraction of sp³-hybridized carbons (Fsp3) is 0.207. The number of hydrogen-bond donors (Lipinski definition) is 0. The molecule has 0 N–H and O–H groups in total.